The number of hydrogen-bond acceptors (Lipinski definition) is 5. The number of likely N-dealkylation sites (N-methyl/N-ethyl adjacent to an activating group) is 1. The number of rotatable bonds is 5. The Labute approximate surface area is 110 Å². The predicted molar refractivity (Wildman–Crippen MR) is 70.5 cm³/mol. The summed E-state index contributed by atoms with van der Waals surface area (Å²) >= 11 is 0. The van der Waals surface area contributed by atoms with Crippen LogP contribution in [0.1, 0.15) is 10.4 Å². The van der Waals surface area contributed by atoms with Gasteiger partial charge >= 0.3 is 5.97 Å². The predicted octanol–water partition coefficient (Wildman–Crippen LogP) is 1.27. The number of benzene rings is 1. The van der Waals surface area contributed by atoms with E-state index in [2.05, 4.69) is 9.97 Å². The molecule has 0 unspecified atom stereocenters. The number of fused-ring (bicyclic) bond motifs is 1. The van der Waals surface area contributed by atoms with Crippen LogP contribution in [0, 0.1) is 0 Å². The van der Waals surface area contributed by atoms with E-state index in [-0.39, 0.29) is 5.56 Å². The van der Waals surface area contributed by atoms with Crippen molar-refractivity contribution in [2.45, 2.75) is 0 Å². The maximum atomic E-state index is 10.9. The van der Waals surface area contributed by atoms with Crippen molar-refractivity contribution in [3.8, 4) is 5.88 Å². The molecule has 0 amide bonds. The number of carboxylic acids is 1. The van der Waals surface area contributed by atoms with Crippen molar-refractivity contribution in [1.82, 2.24) is 14.9 Å². The van der Waals surface area contributed by atoms with E-state index >= 15 is 0 Å². The summed E-state index contributed by atoms with van der Waals surface area (Å²) in [6.45, 7) is 1.29. The second kappa shape index (κ2) is 5.62. The SMILES string of the molecule is CN(C)CCOc1ncnc2cc(C(=O)O)ccc12. The maximum absolute atomic E-state index is 10.9. The van der Waals surface area contributed by atoms with E-state index in [1.807, 2.05) is 19.0 Å². The molecule has 2 rings (SSSR count). The van der Waals surface area contributed by atoms with Crippen LogP contribution >= 0.6 is 0 Å². The number of hydrogen-bond donors (Lipinski definition) is 1. The fraction of sp³-hybridized carbons (Fsp3) is 0.308. The molecule has 0 saturated heterocycles. The summed E-state index contributed by atoms with van der Waals surface area (Å²) in [5, 5.41) is 9.65. The Kier molecular flexibility index (Phi) is 3.91. The number of nitrogens with zero attached hydrogens (tertiary/aromatic N) is 3. The van der Waals surface area contributed by atoms with E-state index in [1.54, 1.807) is 6.07 Å². The van der Waals surface area contributed by atoms with Crippen molar-refractivity contribution >= 4 is 16.9 Å². The largest absolute Gasteiger partial charge is 0.478 e. The van der Waals surface area contributed by atoms with Crippen molar-refractivity contribution in [3.63, 3.8) is 0 Å². The molecular weight excluding hydrogens is 246 g/mol. The Morgan fingerprint density at radius 1 is 1.37 bits per heavy atom. The van der Waals surface area contributed by atoms with E-state index in [0.717, 1.165) is 6.54 Å². The van der Waals surface area contributed by atoms with Gasteiger partial charge in [-0.2, -0.15) is 0 Å². The zero-order valence-corrected chi connectivity index (χ0v) is 10.8. The molecule has 6 heteroatoms. The maximum Gasteiger partial charge on any atom is 0.335 e. The quantitative estimate of drug-likeness (QED) is 0.873. The minimum absolute atomic E-state index is 0.199. The average molecular weight is 261 g/mol. The molecule has 1 N–H and O–H groups in total. The lowest BCUT2D eigenvalue weighted by Crippen LogP contribution is -2.19. The lowest BCUT2D eigenvalue weighted by molar-refractivity contribution is 0.0697. The van der Waals surface area contributed by atoms with Crippen molar-refractivity contribution in [1.29, 1.82) is 0 Å². The highest BCUT2D eigenvalue weighted by Crippen LogP contribution is 2.22. The average Bonchev–Trinajstić information content (AvgIpc) is 2.37. The molecule has 0 spiro atoms. The first-order valence-corrected chi connectivity index (χ1v) is 5.83. The number of aromatic carboxylic acids is 1. The van der Waals surface area contributed by atoms with Crippen LogP contribution in [0.25, 0.3) is 10.9 Å². The lowest BCUT2D eigenvalue weighted by atomic mass is 10.1. The molecule has 1 aromatic carbocycles. The first-order chi connectivity index (χ1) is 9.08. The van der Waals surface area contributed by atoms with Gasteiger partial charge in [0.15, 0.2) is 0 Å². The number of carboxylic acid groups (broad SMARTS) is 1. The van der Waals surface area contributed by atoms with Gasteiger partial charge in [0.25, 0.3) is 0 Å². The third-order valence-corrected chi connectivity index (χ3v) is 2.62. The molecule has 0 aliphatic carbocycles. The summed E-state index contributed by atoms with van der Waals surface area (Å²) in [6, 6.07) is 4.70. The molecular formula is C13H15N3O3. The smallest absolute Gasteiger partial charge is 0.335 e. The van der Waals surface area contributed by atoms with Gasteiger partial charge in [-0.3, -0.25) is 0 Å². The third-order valence-electron chi connectivity index (χ3n) is 2.62. The fourth-order valence-corrected chi connectivity index (χ4v) is 1.61. The normalized spacial score (nSPS) is 10.9. The van der Waals surface area contributed by atoms with E-state index < -0.39 is 5.97 Å². The molecule has 0 bridgehead atoms. The fourth-order valence-electron chi connectivity index (χ4n) is 1.61. The van der Waals surface area contributed by atoms with Gasteiger partial charge in [0.05, 0.1) is 16.5 Å². The van der Waals surface area contributed by atoms with Crippen LogP contribution < -0.4 is 4.74 Å². The lowest BCUT2D eigenvalue weighted by Gasteiger charge is -2.11. The second-order valence-electron chi connectivity index (χ2n) is 4.37. The van der Waals surface area contributed by atoms with Crippen molar-refractivity contribution in [3.05, 3.63) is 30.1 Å². The van der Waals surface area contributed by atoms with Gasteiger partial charge < -0.3 is 14.7 Å². The Morgan fingerprint density at radius 2 is 2.16 bits per heavy atom. The molecule has 0 fully saturated rings. The zero-order chi connectivity index (χ0) is 13.8. The Bertz CT molecular complexity index is 599. The summed E-state index contributed by atoms with van der Waals surface area (Å²) in [4.78, 5) is 21.0. The monoisotopic (exact) mass is 261 g/mol. The molecule has 1 heterocycles. The zero-order valence-electron chi connectivity index (χ0n) is 10.8. The molecule has 0 saturated carbocycles. The molecule has 0 radical (unpaired) electrons. The van der Waals surface area contributed by atoms with Crippen LogP contribution in [-0.2, 0) is 0 Å². The molecule has 1 aromatic heterocycles. The highest BCUT2D eigenvalue weighted by atomic mass is 16.5. The number of ether oxygens (including phenoxy) is 1. The van der Waals surface area contributed by atoms with Crippen LogP contribution in [0.15, 0.2) is 24.5 Å². The Balaban J connectivity index is 2.27. The molecule has 0 aliphatic rings. The summed E-state index contributed by atoms with van der Waals surface area (Å²) in [6.07, 6.45) is 1.37. The first-order valence-electron chi connectivity index (χ1n) is 5.83. The first kappa shape index (κ1) is 13.2. The van der Waals surface area contributed by atoms with Crippen LogP contribution in [0.2, 0.25) is 0 Å². The van der Waals surface area contributed by atoms with Crippen molar-refractivity contribution < 1.29 is 14.6 Å². The molecule has 6 nitrogen and oxygen atoms in total. The van der Waals surface area contributed by atoms with Gasteiger partial charge in [-0.15, -0.1) is 0 Å². The van der Waals surface area contributed by atoms with Crippen molar-refractivity contribution in [2.24, 2.45) is 0 Å². The van der Waals surface area contributed by atoms with Crippen LogP contribution in [0.3, 0.4) is 0 Å². The van der Waals surface area contributed by atoms with E-state index in [4.69, 9.17) is 9.84 Å². The highest BCUT2D eigenvalue weighted by molar-refractivity contribution is 5.94. The summed E-state index contributed by atoms with van der Waals surface area (Å²) in [5.41, 5.74) is 0.764. The van der Waals surface area contributed by atoms with Gasteiger partial charge in [-0.25, -0.2) is 14.8 Å². The number of aromatic nitrogens is 2. The summed E-state index contributed by atoms with van der Waals surface area (Å²) < 4.78 is 5.59. The van der Waals surface area contributed by atoms with Gasteiger partial charge in [-0.1, -0.05) is 0 Å². The molecule has 100 valence electrons. The topological polar surface area (TPSA) is 75.5 Å². The van der Waals surface area contributed by atoms with Crippen LogP contribution in [0.4, 0.5) is 0 Å². The van der Waals surface area contributed by atoms with Gasteiger partial charge in [0, 0.05) is 6.54 Å². The minimum Gasteiger partial charge on any atom is -0.478 e. The standard InChI is InChI=1S/C13H15N3O3/c1-16(2)5-6-19-12-10-4-3-9(13(17)18)7-11(10)14-8-15-12/h3-4,7-8H,5-6H2,1-2H3,(H,17,18). The summed E-state index contributed by atoms with van der Waals surface area (Å²) in [7, 11) is 3.92. The number of carbonyl (C=O) groups is 1. The van der Waals surface area contributed by atoms with E-state index in [1.165, 1.54) is 18.5 Å². The Hall–Kier alpha value is -2.21. The summed E-state index contributed by atoms with van der Waals surface area (Å²) in [5.74, 6) is -0.501. The molecule has 0 atom stereocenters. The van der Waals surface area contributed by atoms with Crippen molar-refractivity contribution in [2.75, 3.05) is 27.2 Å². The van der Waals surface area contributed by atoms with E-state index in [0.29, 0.717) is 23.4 Å². The highest BCUT2D eigenvalue weighted by Gasteiger charge is 2.09. The van der Waals surface area contributed by atoms with Gasteiger partial charge in [0.2, 0.25) is 5.88 Å². The van der Waals surface area contributed by atoms with Gasteiger partial charge in [0.1, 0.15) is 12.9 Å². The van der Waals surface area contributed by atoms with E-state index in [9.17, 15) is 4.79 Å². The molecule has 2 aromatic rings. The molecule has 0 aliphatic heterocycles. The van der Waals surface area contributed by atoms with Crippen LogP contribution in [-0.4, -0.2) is 53.2 Å². The Morgan fingerprint density at radius 3 is 2.84 bits per heavy atom. The second-order valence-corrected chi connectivity index (χ2v) is 4.37. The van der Waals surface area contributed by atoms with Crippen LogP contribution in [0.5, 0.6) is 5.88 Å². The third kappa shape index (κ3) is 3.17. The van der Waals surface area contributed by atoms with Gasteiger partial charge in [-0.05, 0) is 32.3 Å². The molecule has 19 heavy (non-hydrogen) atoms. The minimum atomic E-state index is -0.976.